The Morgan fingerprint density at radius 1 is 1.21 bits per heavy atom. The van der Waals surface area contributed by atoms with Crippen molar-refractivity contribution in [2.75, 3.05) is 0 Å². The highest BCUT2D eigenvalue weighted by Crippen LogP contribution is 2.37. The fraction of sp³-hybridized carbons (Fsp3) is 0.333. The van der Waals surface area contributed by atoms with Crippen LogP contribution < -0.4 is 0 Å². The van der Waals surface area contributed by atoms with Crippen molar-refractivity contribution in [2.45, 2.75) is 32.1 Å². The van der Waals surface area contributed by atoms with Crippen LogP contribution in [0, 0.1) is 0 Å². The number of carbonyl (C=O) groups is 2. The summed E-state index contributed by atoms with van der Waals surface area (Å²) in [6.45, 7) is 0. The molecule has 0 spiro atoms. The standard InChI is InChI=1S/C15H14O4/c16-13(4-5-14(17)18)11-7-10-6-9-2-1-3-12(9)15(10)19-8-11/h6-8H,1-5H2,(H,17,18). The molecule has 98 valence electrons. The van der Waals surface area contributed by atoms with Gasteiger partial charge in [0, 0.05) is 12.0 Å². The third-order valence-electron chi connectivity index (χ3n) is 3.63. The highest BCUT2D eigenvalue weighted by atomic mass is 16.4. The maximum Gasteiger partial charge on any atom is 0.303 e. The lowest BCUT2D eigenvalue weighted by Crippen LogP contribution is -2.04. The lowest BCUT2D eigenvalue weighted by atomic mass is 10.1. The summed E-state index contributed by atoms with van der Waals surface area (Å²) in [7, 11) is 0. The van der Waals surface area contributed by atoms with Crippen LogP contribution in [0.5, 0.6) is 0 Å². The highest BCUT2D eigenvalue weighted by Gasteiger charge is 2.23. The molecule has 1 N–H and O–H groups in total. The van der Waals surface area contributed by atoms with Crippen LogP contribution in [0.3, 0.4) is 0 Å². The van der Waals surface area contributed by atoms with Crippen LogP contribution in [-0.2, 0) is 17.6 Å². The van der Waals surface area contributed by atoms with Gasteiger partial charge in [0.25, 0.3) is 0 Å². The minimum absolute atomic E-state index is 0.0107. The molecular formula is C15H14O4. The van der Waals surface area contributed by atoms with E-state index in [4.69, 9.17) is 9.52 Å². The average molecular weight is 258 g/mol. The number of fused-ring (bicyclic) bond motifs is 3. The lowest BCUT2D eigenvalue weighted by Gasteiger charge is -2.04. The van der Waals surface area contributed by atoms with Crippen LogP contribution in [-0.4, -0.2) is 16.9 Å². The predicted molar refractivity (Wildman–Crippen MR) is 68.6 cm³/mol. The molecule has 1 heterocycles. The van der Waals surface area contributed by atoms with Crippen molar-refractivity contribution in [1.29, 1.82) is 0 Å². The smallest absolute Gasteiger partial charge is 0.303 e. The molecule has 0 saturated carbocycles. The van der Waals surface area contributed by atoms with Crippen molar-refractivity contribution in [3.05, 3.63) is 35.1 Å². The first-order valence-corrected chi connectivity index (χ1v) is 6.43. The monoisotopic (exact) mass is 258 g/mol. The number of Topliss-reactive ketones (excluding diaryl/α,β-unsaturated/α-hetero) is 1. The summed E-state index contributed by atoms with van der Waals surface area (Å²) in [5.41, 5.74) is 3.98. The van der Waals surface area contributed by atoms with E-state index in [2.05, 4.69) is 6.07 Å². The Morgan fingerprint density at radius 2 is 2.05 bits per heavy atom. The molecular weight excluding hydrogens is 244 g/mol. The molecule has 0 saturated heterocycles. The van der Waals surface area contributed by atoms with Crippen molar-refractivity contribution in [2.24, 2.45) is 0 Å². The molecule has 0 bridgehead atoms. The van der Waals surface area contributed by atoms with Gasteiger partial charge in [-0.3, -0.25) is 9.59 Å². The number of aliphatic carboxylic acids is 1. The minimum atomic E-state index is -0.960. The molecule has 0 amide bonds. The summed E-state index contributed by atoms with van der Waals surface area (Å²) in [6, 6.07) is 3.89. The number of carbonyl (C=O) groups excluding carboxylic acids is 1. The van der Waals surface area contributed by atoms with E-state index in [-0.39, 0.29) is 18.6 Å². The van der Waals surface area contributed by atoms with Gasteiger partial charge in [0.2, 0.25) is 0 Å². The zero-order chi connectivity index (χ0) is 13.4. The molecule has 0 atom stereocenters. The van der Waals surface area contributed by atoms with E-state index in [0.29, 0.717) is 5.56 Å². The third-order valence-corrected chi connectivity index (χ3v) is 3.63. The zero-order valence-corrected chi connectivity index (χ0v) is 10.4. The SMILES string of the molecule is O=C(O)CCC(=O)c1coc2c3c(cc-2c1)CCC3. The summed E-state index contributed by atoms with van der Waals surface area (Å²) in [5, 5.41) is 8.58. The third kappa shape index (κ3) is 2.14. The topological polar surface area (TPSA) is 67.5 Å². The second kappa shape index (κ2) is 4.53. The molecule has 0 unspecified atom stereocenters. The van der Waals surface area contributed by atoms with Crippen LogP contribution in [0.2, 0.25) is 0 Å². The van der Waals surface area contributed by atoms with Crippen molar-refractivity contribution in [1.82, 2.24) is 0 Å². The van der Waals surface area contributed by atoms with Gasteiger partial charge < -0.3 is 9.52 Å². The first kappa shape index (κ1) is 12.0. The van der Waals surface area contributed by atoms with Gasteiger partial charge in [-0.25, -0.2) is 0 Å². The van der Waals surface area contributed by atoms with Crippen molar-refractivity contribution < 1.29 is 19.1 Å². The first-order chi connectivity index (χ1) is 9.15. The highest BCUT2D eigenvalue weighted by molar-refractivity contribution is 5.98. The molecule has 3 aliphatic rings. The van der Waals surface area contributed by atoms with E-state index in [9.17, 15) is 9.59 Å². The van der Waals surface area contributed by atoms with E-state index in [1.54, 1.807) is 6.07 Å². The summed E-state index contributed by atoms with van der Waals surface area (Å²) in [5.74, 6) is -0.268. The summed E-state index contributed by atoms with van der Waals surface area (Å²) >= 11 is 0. The Kier molecular flexibility index (Phi) is 2.85. The number of carboxylic acids is 1. The van der Waals surface area contributed by atoms with Gasteiger partial charge in [0.05, 0.1) is 12.0 Å². The number of rotatable bonds is 4. The van der Waals surface area contributed by atoms with Gasteiger partial charge in [-0.15, -0.1) is 0 Å². The Bertz CT molecular complexity index is 623. The molecule has 1 aliphatic heterocycles. The largest absolute Gasteiger partial charge is 0.481 e. The second-order valence-corrected chi connectivity index (χ2v) is 4.94. The van der Waals surface area contributed by atoms with E-state index in [0.717, 1.165) is 30.6 Å². The molecule has 3 rings (SSSR count). The van der Waals surface area contributed by atoms with Crippen molar-refractivity contribution >= 4 is 11.8 Å². The van der Waals surface area contributed by atoms with Gasteiger partial charge in [-0.1, -0.05) is 0 Å². The quantitative estimate of drug-likeness (QED) is 0.856. The molecule has 19 heavy (non-hydrogen) atoms. The molecule has 4 nitrogen and oxygen atoms in total. The molecule has 0 fully saturated rings. The van der Waals surface area contributed by atoms with Gasteiger partial charge in [0.1, 0.15) is 12.0 Å². The molecule has 0 radical (unpaired) electrons. The van der Waals surface area contributed by atoms with Crippen molar-refractivity contribution in [3.8, 4) is 11.3 Å². The maximum absolute atomic E-state index is 11.8. The number of ketones is 1. The van der Waals surface area contributed by atoms with Crippen LogP contribution in [0.1, 0.15) is 40.7 Å². The number of aryl methyl sites for hydroxylation is 1. The van der Waals surface area contributed by atoms with Crippen LogP contribution in [0.4, 0.5) is 0 Å². The normalized spacial score (nSPS) is 13.7. The Balaban J connectivity index is 1.88. The van der Waals surface area contributed by atoms with E-state index in [1.807, 2.05) is 0 Å². The van der Waals surface area contributed by atoms with E-state index >= 15 is 0 Å². The molecule has 0 aromatic heterocycles. The summed E-state index contributed by atoms with van der Waals surface area (Å²) in [4.78, 5) is 22.3. The Morgan fingerprint density at radius 3 is 2.84 bits per heavy atom. The summed E-state index contributed by atoms with van der Waals surface area (Å²) in [6.07, 6.45) is 4.59. The van der Waals surface area contributed by atoms with Gasteiger partial charge >= 0.3 is 5.97 Å². The minimum Gasteiger partial charge on any atom is -0.481 e. The fourth-order valence-corrected chi connectivity index (χ4v) is 2.69. The number of carboxylic acid groups (broad SMARTS) is 1. The molecule has 4 heteroatoms. The fourth-order valence-electron chi connectivity index (χ4n) is 2.69. The molecule has 0 aromatic rings. The maximum atomic E-state index is 11.8. The summed E-state index contributed by atoms with van der Waals surface area (Å²) < 4.78 is 5.59. The van der Waals surface area contributed by atoms with E-state index < -0.39 is 5.97 Å². The van der Waals surface area contributed by atoms with Crippen LogP contribution in [0.25, 0.3) is 11.3 Å². The van der Waals surface area contributed by atoms with Gasteiger partial charge in [-0.05, 0) is 42.5 Å². The Labute approximate surface area is 110 Å². The van der Waals surface area contributed by atoms with Crippen LogP contribution >= 0.6 is 0 Å². The van der Waals surface area contributed by atoms with Gasteiger partial charge in [0.15, 0.2) is 5.78 Å². The lowest BCUT2D eigenvalue weighted by molar-refractivity contribution is -0.136. The molecule has 2 aliphatic carbocycles. The number of hydrogen-bond acceptors (Lipinski definition) is 3. The first-order valence-electron chi connectivity index (χ1n) is 6.43. The number of hydrogen-bond donors (Lipinski definition) is 1. The molecule has 0 aromatic carbocycles. The van der Waals surface area contributed by atoms with Gasteiger partial charge in [-0.2, -0.15) is 0 Å². The zero-order valence-electron chi connectivity index (χ0n) is 10.4. The van der Waals surface area contributed by atoms with E-state index in [1.165, 1.54) is 17.4 Å². The second-order valence-electron chi connectivity index (χ2n) is 4.94. The average Bonchev–Trinajstić information content (AvgIpc) is 2.95. The Hall–Kier alpha value is -2.10. The predicted octanol–water partition coefficient (Wildman–Crippen LogP) is 2.92. The van der Waals surface area contributed by atoms with Crippen LogP contribution in [0.15, 0.2) is 22.8 Å². The van der Waals surface area contributed by atoms with Crippen molar-refractivity contribution in [3.63, 3.8) is 0 Å².